The number of hydrogen-bond acceptors (Lipinski definition) is 7. The van der Waals surface area contributed by atoms with Crippen molar-refractivity contribution in [1.82, 2.24) is 15.0 Å². The van der Waals surface area contributed by atoms with E-state index in [-0.39, 0.29) is 5.41 Å². The van der Waals surface area contributed by atoms with Crippen LogP contribution in [0.4, 0.5) is 0 Å². The second-order valence-electron chi connectivity index (χ2n) is 17.8. The lowest BCUT2D eigenvalue weighted by Crippen LogP contribution is -2.54. The van der Waals surface area contributed by atoms with E-state index in [1.54, 1.807) is 0 Å². The first-order valence-corrected chi connectivity index (χ1v) is 22.6. The monoisotopic (exact) mass is 781 g/mol. The predicted molar refractivity (Wildman–Crippen MR) is 232 cm³/mol. The Morgan fingerprint density at radius 1 is 0.877 bits per heavy atom. The molecule has 1 unspecified atom stereocenters. The van der Waals surface area contributed by atoms with Crippen molar-refractivity contribution in [2.24, 2.45) is 23.2 Å². The molecule has 2 aliphatic rings. The van der Waals surface area contributed by atoms with Crippen LogP contribution in [0.25, 0.3) is 11.0 Å². The molecular weight excluding hydrogens is 721 g/mol. The van der Waals surface area contributed by atoms with Crippen molar-refractivity contribution < 1.29 is 13.7 Å². The maximum absolute atomic E-state index is 9.16. The highest BCUT2D eigenvalue weighted by atomic mass is 28.3. The smallest absolute Gasteiger partial charge is 0.282 e. The lowest BCUT2D eigenvalue weighted by molar-refractivity contribution is -0.00680. The molecular formula is C49H61N4O3Si. The van der Waals surface area contributed by atoms with E-state index in [1.165, 1.54) is 48.9 Å². The zero-order valence-corrected chi connectivity index (χ0v) is 35.8. The van der Waals surface area contributed by atoms with Crippen molar-refractivity contribution in [3.8, 4) is 11.8 Å². The molecule has 1 saturated heterocycles. The first-order chi connectivity index (χ1) is 27.7. The van der Waals surface area contributed by atoms with Gasteiger partial charge in [0, 0.05) is 18.0 Å². The third-order valence-electron chi connectivity index (χ3n) is 12.5. The molecule has 7 rings (SSSR count). The number of piperidine rings is 1. The number of ether oxygens (including phenoxy) is 1. The summed E-state index contributed by atoms with van der Waals surface area (Å²) in [5.41, 5.74) is 4.83. The highest BCUT2D eigenvalue weighted by Crippen LogP contribution is 2.45. The molecule has 1 aliphatic carbocycles. The minimum absolute atomic E-state index is 0.277. The number of likely N-dealkylation sites (tertiary alicyclic amines) is 1. The largest absolute Gasteiger partial charge is 0.488 e. The molecule has 3 atom stereocenters. The van der Waals surface area contributed by atoms with E-state index in [2.05, 4.69) is 129 Å². The minimum Gasteiger partial charge on any atom is -0.488 e. The third-order valence-corrected chi connectivity index (χ3v) is 14.7. The van der Waals surface area contributed by atoms with Crippen LogP contribution in [0.15, 0.2) is 102 Å². The number of aromatic nitrogens is 1. The lowest BCUT2D eigenvalue weighted by Gasteiger charge is -2.49. The highest BCUT2D eigenvalue weighted by molar-refractivity contribution is 6.80. The molecule has 2 fully saturated rings. The Labute approximate surface area is 342 Å². The fourth-order valence-corrected chi connectivity index (χ4v) is 11.5. The average molecular weight is 782 g/mol. The minimum atomic E-state index is -1.38. The van der Waals surface area contributed by atoms with Crippen molar-refractivity contribution >= 4 is 30.4 Å². The summed E-state index contributed by atoms with van der Waals surface area (Å²) in [6.45, 7) is 11.5. The van der Waals surface area contributed by atoms with Crippen molar-refractivity contribution in [1.29, 1.82) is 5.26 Å². The van der Waals surface area contributed by atoms with Gasteiger partial charge in [0.15, 0.2) is 5.58 Å². The van der Waals surface area contributed by atoms with Crippen molar-refractivity contribution in [2.45, 2.75) is 91.3 Å². The van der Waals surface area contributed by atoms with Gasteiger partial charge in [0.1, 0.15) is 12.4 Å². The van der Waals surface area contributed by atoms with Gasteiger partial charge in [0.2, 0.25) is 0 Å². The summed E-state index contributed by atoms with van der Waals surface area (Å²) in [5, 5.41) is 17.5. The second kappa shape index (κ2) is 19.0. The molecule has 0 spiro atoms. The first kappa shape index (κ1) is 40.9. The summed E-state index contributed by atoms with van der Waals surface area (Å²) >= 11 is 0. The van der Waals surface area contributed by atoms with Crippen LogP contribution in [-0.4, -0.2) is 63.8 Å². The van der Waals surface area contributed by atoms with E-state index in [0.717, 1.165) is 66.1 Å². The Bertz CT molecular complexity index is 2010. The van der Waals surface area contributed by atoms with E-state index in [9.17, 15) is 0 Å². The molecule has 299 valence electrons. The van der Waals surface area contributed by atoms with Crippen LogP contribution in [0.2, 0.25) is 0 Å². The first-order valence-electron chi connectivity index (χ1n) is 21.2. The van der Waals surface area contributed by atoms with Crippen LogP contribution >= 0.6 is 0 Å². The quantitative estimate of drug-likeness (QED) is 0.0982. The Morgan fingerprint density at radius 2 is 1.54 bits per heavy atom. The topological polar surface area (TPSA) is 74.8 Å². The van der Waals surface area contributed by atoms with E-state index in [1.807, 2.05) is 24.3 Å². The van der Waals surface area contributed by atoms with E-state index >= 15 is 0 Å². The maximum atomic E-state index is 9.16. The summed E-state index contributed by atoms with van der Waals surface area (Å²) in [7, 11) is 2.75. The molecule has 1 saturated carbocycles. The predicted octanol–water partition coefficient (Wildman–Crippen LogP) is 9.03. The van der Waals surface area contributed by atoms with Gasteiger partial charge >= 0.3 is 0 Å². The van der Waals surface area contributed by atoms with Crippen LogP contribution in [0.1, 0.15) is 88.1 Å². The maximum Gasteiger partial charge on any atom is 0.282 e. The van der Waals surface area contributed by atoms with Gasteiger partial charge in [-0.3, -0.25) is 4.90 Å². The summed E-state index contributed by atoms with van der Waals surface area (Å²) < 4.78 is 19.6. The van der Waals surface area contributed by atoms with Gasteiger partial charge in [-0.25, -0.2) is 0 Å². The number of nitrogens with zero attached hydrogens (tertiary/aromatic N) is 4. The van der Waals surface area contributed by atoms with E-state index in [4.69, 9.17) is 18.9 Å². The molecule has 0 bridgehead atoms. The van der Waals surface area contributed by atoms with Gasteiger partial charge in [-0.05, 0) is 129 Å². The summed E-state index contributed by atoms with van der Waals surface area (Å²) in [6.07, 6.45) is 9.71. The number of benzene rings is 4. The molecule has 0 N–H and O–H groups in total. The fraction of sp³-hybridized carbons (Fsp3) is 0.469. The molecule has 1 radical (unpaired) electrons. The van der Waals surface area contributed by atoms with Crippen LogP contribution in [-0.2, 0) is 24.0 Å². The molecule has 2 heterocycles. The molecule has 1 aromatic heterocycles. The standard InChI is InChI=1S/C49H61N4O3Si/c1-49(2,3)44-19-13-12-18-41(44)46(35-55-57(39-14-8-6-9-15-39)40-16-10-7-11-17-40)53-30-28-36(29-31-53)24-26-45-42-25-27-47(43(33-52(4)5)48(42)56-51-45)54-34-38-22-20-37(32-50)21-23-38/h6-11,14-17,20-23,25,27,36,41,44,46H,12-13,18-19,24,26,28-31,33-35H2,1-5H3/t41-,44+,46?/m1/s1. The Morgan fingerprint density at radius 3 is 2.18 bits per heavy atom. The SMILES string of the molecule is CN(C)Cc1c(OCc2ccc(C#N)cc2)ccc2c(CCC3CCN(C(CO[Si](c4ccccc4)c4ccccc4)[C@@H]4CCCC[C@@H]4C(C)(C)C)CC3)noc12. The van der Waals surface area contributed by atoms with Gasteiger partial charge < -0.3 is 18.6 Å². The molecule has 57 heavy (non-hydrogen) atoms. The zero-order valence-electron chi connectivity index (χ0n) is 34.8. The van der Waals surface area contributed by atoms with Crippen LogP contribution in [0.5, 0.6) is 5.75 Å². The molecule has 4 aromatic carbocycles. The molecule has 1 aliphatic heterocycles. The number of nitriles is 1. The summed E-state index contributed by atoms with van der Waals surface area (Å²) in [6, 6.07) is 36.2. The van der Waals surface area contributed by atoms with Crippen molar-refractivity contribution in [3.63, 3.8) is 0 Å². The molecule has 5 aromatic rings. The van der Waals surface area contributed by atoms with E-state index < -0.39 is 9.04 Å². The zero-order chi connectivity index (χ0) is 39.8. The van der Waals surface area contributed by atoms with Gasteiger partial charge in [0.05, 0.1) is 29.5 Å². The third kappa shape index (κ3) is 10.3. The molecule has 7 nitrogen and oxygen atoms in total. The number of rotatable bonds is 15. The summed E-state index contributed by atoms with van der Waals surface area (Å²) in [5.74, 6) is 2.80. The van der Waals surface area contributed by atoms with E-state index in [0.29, 0.717) is 42.5 Å². The van der Waals surface area contributed by atoms with Crippen LogP contribution in [0.3, 0.4) is 0 Å². The number of fused-ring (bicyclic) bond motifs is 1. The normalized spacial score (nSPS) is 18.9. The van der Waals surface area contributed by atoms with Gasteiger partial charge in [-0.1, -0.05) is 112 Å². The van der Waals surface area contributed by atoms with Crippen LogP contribution < -0.4 is 15.1 Å². The number of hydrogen-bond donors (Lipinski definition) is 0. The Balaban J connectivity index is 1.03. The average Bonchev–Trinajstić information content (AvgIpc) is 3.65. The second-order valence-corrected chi connectivity index (χ2v) is 19.9. The summed E-state index contributed by atoms with van der Waals surface area (Å²) in [4.78, 5) is 4.97. The number of aryl methyl sites for hydroxylation is 1. The van der Waals surface area contributed by atoms with Gasteiger partial charge in [0.25, 0.3) is 9.04 Å². The Hall–Kier alpha value is -4.26. The highest BCUT2D eigenvalue weighted by Gasteiger charge is 2.42. The van der Waals surface area contributed by atoms with Crippen LogP contribution in [0, 0.1) is 34.5 Å². The van der Waals surface area contributed by atoms with Gasteiger partial charge in [-0.2, -0.15) is 5.26 Å². The lowest BCUT2D eigenvalue weighted by atomic mass is 9.64. The molecule has 0 amide bonds. The van der Waals surface area contributed by atoms with Gasteiger partial charge in [-0.15, -0.1) is 0 Å². The molecule has 8 heteroatoms. The van der Waals surface area contributed by atoms with Crippen molar-refractivity contribution in [2.75, 3.05) is 33.8 Å². The fourth-order valence-electron chi connectivity index (χ4n) is 9.50. The van der Waals surface area contributed by atoms with Crippen molar-refractivity contribution in [3.05, 3.63) is 119 Å². The Kier molecular flexibility index (Phi) is 13.6.